The van der Waals surface area contributed by atoms with Crippen LogP contribution < -0.4 is 5.32 Å². The van der Waals surface area contributed by atoms with Crippen molar-refractivity contribution in [2.45, 2.75) is 57.8 Å². The van der Waals surface area contributed by atoms with Crippen LogP contribution in [0.2, 0.25) is 0 Å². The van der Waals surface area contributed by atoms with Gasteiger partial charge in [-0.2, -0.15) is 0 Å². The fourth-order valence-corrected chi connectivity index (χ4v) is 4.54. The summed E-state index contributed by atoms with van der Waals surface area (Å²) in [6, 6.07) is 7.34. The standard InChI is InChI=1S/C25H34N2O6/c1-18(28)26-20-10-8-19(9-11-20)17-33-23-16-22(29)25(27-12-14-32-15-13-27)21(23)6-4-2-3-5-7-24(30)31/h2,4,8-11,21,23,25H,3,5-7,12-17H2,1H3,(H,26,28)(H,30,31). The summed E-state index contributed by atoms with van der Waals surface area (Å²) < 4.78 is 11.7. The second-order valence-electron chi connectivity index (χ2n) is 8.65. The topological polar surface area (TPSA) is 105 Å². The van der Waals surface area contributed by atoms with Crippen LogP contribution in [-0.4, -0.2) is 66.1 Å². The van der Waals surface area contributed by atoms with E-state index in [1.807, 2.05) is 30.3 Å². The molecule has 0 bridgehead atoms. The molecule has 0 aromatic heterocycles. The van der Waals surface area contributed by atoms with E-state index in [0.29, 0.717) is 45.5 Å². The van der Waals surface area contributed by atoms with E-state index >= 15 is 0 Å². The summed E-state index contributed by atoms with van der Waals surface area (Å²) in [6.45, 7) is 4.62. The maximum atomic E-state index is 13.0. The van der Waals surface area contributed by atoms with E-state index in [2.05, 4.69) is 16.3 Å². The summed E-state index contributed by atoms with van der Waals surface area (Å²) in [7, 11) is 0. The van der Waals surface area contributed by atoms with Crippen molar-refractivity contribution in [3.63, 3.8) is 0 Å². The Hall–Kier alpha value is -2.55. The smallest absolute Gasteiger partial charge is 0.303 e. The second kappa shape index (κ2) is 12.6. The van der Waals surface area contributed by atoms with Gasteiger partial charge in [-0.25, -0.2) is 0 Å². The minimum atomic E-state index is -0.782. The van der Waals surface area contributed by atoms with Crippen LogP contribution in [-0.2, 0) is 30.5 Å². The summed E-state index contributed by atoms with van der Waals surface area (Å²) in [5.74, 6) is -0.635. The monoisotopic (exact) mass is 458 g/mol. The molecule has 2 N–H and O–H groups in total. The number of nitrogens with one attached hydrogen (secondary N) is 1. The number of morpholine rings is 1. The van der Waals surface area contributed by atoms with Crippen molar-refractivity contribution < 1.29 is 29.0 Å². The van der Waals surface area contributed by atoms with Gasteiger partial charge in [0.1, 0.15) is 0 Å². The van der Waals surface area contributed by atoms with Gasteiger partial charge in [0, 0.05) is 44.5 Å². The molecular weight excluding hydrogens is 424 g/mol. The van der Waals surface area contributed by atoms with Crippen molar-refractivity contribution >= 4 is 23.3 Å². The Kier molecular flexibility index (Phi) is 9.60. The Morgan fingerprint density at radius 1 is 1.21 bits per heavy atom. The molecule has 2 fully saturated rings. The first kappa shape index (κ1) is 25.1. The highest BCUT2D eigenvalue weighted by Gasteiger charge is 2.45. The van der Waals surface area contributed by atoms with E-state index in [4.69, 9.17) is 14.6 Å². The number of amides is 1. The van der Waals surface area contributed by atoms with Crippen molar-refractivity contribution in [1.82, 2.24) is 4.90 Å². The van der Waals surface area contributed by atoms with Gasteiger partial charge in [0.05, 0.1) is 32.0 Å². The number of aliphatic carboxylic acids is 1. The highest BCUT2D eigenvalue weighted by atomic mass is 16.5. The minimum Gasteiger partial charge on any atom is -0.481 e. The highest BCUT2D eigenvalue weighted by Crippen LogP contribution is 2.34. The second-order valence-corrected chi connectivity index (χ2v) is 8.65. The molecule has 0 spiro atoms. The summed E-state index contributed by atoms with van der Waals surface area (Å²) >= 11 is 0. The molecule has 8 heteroatoms. The van der Waals surface area contributed by atoms with Crippen molar-refractivity contribution in [2.24, 2.45) is 5.92 Å². The molecule has 1 aliphatic heterocycles. The number of carbonyl (C=O) groups is 3. The van der Waals surface area contributed by atoms with Crippen molar-refractivity contribution in [2.75, 3.05) is 31.6 Å². The minimum absolute atomic E-state index is 0.0463. The van der Waals surface area contributed by atoms with Gasteiger partial charge in [-0.1, -0.05) is 24.3 Å². The van der Waals surface area contributed by atoms with Crippen LogP contribution in [0, 0.1) is 5.92 Å². The molecule has 1 saturated heterocycles. The quantitative estimate of drug-likeness (QED) is 0.388. The lowest BCUT2D eigenvalue weighted by atomic mass is 9.95. The predicted molar refractivity (Wildman–Crippen MR) is 124 cm³/mol. The Labute approximate surface area is 194 Å². The molecule has 3 atom stereocenters. The molecule has 3 rings (SSSR count). The average molecular weight is 459 g/mol. The lowest BCUT2D eigenvalue weighted by molar-refractivity contribution is -0.137. The van der Waals surface area contributed by atoms with Gasteiger partial charge in [-0.05, 0) is 37.0 Å². The van der Waals surface area contributed by atoms with E-state index in [9.17, 15) is 14.4 Å². The lowest BCUT2D eigenvalue weighted by Crippen LogP contribution is -2.49. The third kappa shape index (κ3) is 7.77. The van der Waals surface area contributed by atoms with Crippen LogP contribution in [0.3, 0.4) is 0 Å². The number of hydrogen-bond acceptors (Lipinski definition) is 6. The zero-order chi connectivity index (χ0) is 23.6. The first-order valence-corrected chi connectivity index (χ1v) is 11.6. The van der Waals surface area contributed by atoms with Crippen molar-refractivity contribution in [3.8, 4) is 0 Å². The Bertz CT molecular complexity index is 832. The van der Waals surface area contributed by atoms with Crippen LogP contribution >= 0.6 is 0 Å². The number of hydrogen-bond donors (Lipinski definition) is 2. The van der Waals surface area contributed by atoms with Crippen LogP contribution in [0.1, 0.15) is 44.6 Å². The Morgan fingerprint density at radius 2 is 1.94 bits per heavy atom. The van der Waals surface area contributed by atoms with Gasteiger partial charge in [0.15, 0.2) is 5.78 Å². The molecule has 1 aliphatic carbocycles. The Morgan fingerprint density at radius 3 is 2.61 bits per heavy atom. The number of anilines is 1. The summed E-state index contributed by atoms with van der Waals surface area (Å²) in [5, 5.41) is 11.5. The molecular formula is C25H34N2O6. The number of ketones is 1. The number of unbranched alkanes of at least 4 members (excludes halogenated alkanes) is 1. The molecule has 2 aliphatic rings. The van der Waals surface area contributed by atoms with Gasteiger partial charge in [-0.3, -0.25) is 19.3 Å². The maximum Gasteiger partial charge on any atom is 0.303 e. The van der Waals surface area contributed by atoms with E-state index in [1.165, 1.54) is 6.92 Å². The number of Topliss-reactive ketones (excluding diaryl/α,β-unsaturated/α-hetero) is 1. The third-order valence-corrected chi connectivity index (χ3v) is 6.13. The van der Waals surface area contributed by atoms with Gasteiger partial charge in [0.2, 0.25) is 5.91 Å². The van der Waals surface area contributed by atoms with Crippen LogP contribution in [0.4, 0.5) is 5.69 Å². The number of ether oxygens (including phenoxy) is 2. The largest absolute Gasteiger partial charge is 0.481 e. The summed E-state index contributed by atoms with van der Waals surface area (Å²) in [5.41, 5.74) is 1.72. The number of rotatable bonds is 11. The third-order valence-electron chi connectivity index (χ3n) is 6.13. The fraction of sp³-hybridized carbons (Fsp3) is 0.560. The van der Waals surface area contributed by atoms with Gasteiger partial charge in [0.25, 0.3) is 0 Å². The maximum absolute atomic E-state index is 13.0. The molecule has 1 amide bonds. The van der Waals surface area contributed by atoms with Gasteiger partial charge >= 0.3 is 5.97 Å². The number of carboxylic acid groups (broad SMARTS) is 1. The number of allylic oxidation sites excluding steroid dienone is 2. The van der Waals surface area contributed by atoms with E-state index in [0.717, 1.165) is 24.3 Å². The summed E-state index contributed by atoms with van der Waals surface area (Å²) in [4.78, 5) is 37.1. The molecule has 1 aromatic carbocycles. The summed E-state index contributed by atoms with van der Waals surface area (Å²) in [6.07, 6.45) is 6.49. The molecule has 0 radical (unpaired) electrons. The zero-order valence-electron chi connectivity index (χ0n) is 19.2. The van der Waals surface area contributed by atoms with Crippen LogP contribution in [0.15, 0.2) is 36.4 Å². The first-order chi connectivity index (χ1) is 15.9. The number of carboxylic acids is 1. The normalized spacial score (nSPS) is 23.8. The highest BCUT2D eigenvalue weighted by molar-refractivity contribution is 5.88. The molecule has 1 aromatic rings. The number of benzene rings is 1. The molecule has 180 valence electrons. The Balaban J connectivity index is 1.62. The predicted octanol–water partition coefficient (Wildman–Crippen LogP) is 3.02. The van der Waals surface area contributed by atoms with Gasteiger partial charge in [-0.15, -0.1) is 0 Å². The number of nitrogens with zero attached hydrogens (tertiary/aromatic N) is 1. The lowest BCUT2D eigenvalue weighted by Gasteiger charge is -2.35. The van der Waals surface area contributed by atoms with E-state index in [1.54, 1.807) is 0 Å². The van der Waals surface area contributed by atoms with E-state index in [-0.39, 0.29) is 36.2 Å². The van der Waals surface area contributed by atoms with Crippen LogP contribution in [0.5, 0.6) is 0 Å². The van der Waals surface area contributed by atoms with E-state index < -0.39 is 5.97 Å². The molecule has 3 unspecified atom stereocenters. The first-order valence-electron chi connectivity index (χ1n) is 11.6. The average Bonchev–Trinajstić information content (AvgIpc) is 3.10. The van der Waals surface area contributed by atoms with Crippen LogP contribution in [0.25, 0.3) is 0 Å². The fourth-order valence-electron chi connectivity index (χ4n) is 4.54. The molecule has 1 saturated carbocycles. The SMILES string of the molecule is CC(=O)Nc1ccc(COC2CC(=O)C(N3CCOCC3)C2CC=CCCCC(=O)O)cc1. The van der Waals surface area contributed by atoms with Crippen molar-refractivity contribution in [3.05, 3.63) is 42.0 Å². The molecule has 33 heavy (non-hydrogen) atoms. The molecule has 1 heterocycles. The van der Waals surface area contributed by atoms with Gasteiger partial charge < -0.3 is 19.9 Å². The molecule has 8 nitrogen and oxygen atoms in total. The number of carbonyl (C=O) groups excluding carboxylic acids is 2. The zero-order valence-corrected chi connectivity index (χ0v) is 19.2. The van der Waals surface area contributed by atoms with Crippen molar-refractivity contribution in [1.29, 1.82) is 0 Å².